The molecule has 136 valence electrons. The maximum absolute atomic E-state index is 4.87. The van der Waals surface area contributed by atoms with E-state index in [4.69, 9.17) is 5.10 Å². The van der Waals surface area contributed by atoms with Gasteiger partial charge in [0.15, 0.2) is 0 Å². The molecule has 0 spiro atoms. The van der Waals surface area contributed by atoms with E-state index in [0.29, 0.717) is 6.04 Å². The Bertz CT molecular complexity index is 819. The molecule has 3 aromatic rings. The summed E-state index contributed by atoms with van der Waals surface area (Å²) in [6.07, 6.45) is 5.85. The standard InChI is InChI=1S/C20H23N5.ClH/c1-16-13-24(11-10-22-16)14-18-15-25(19-7-3-2-4-8-19)23-20(18)17-6-5-9-21-12-17;/h2-9,12,15-16,22H,10-11,13-14H2,1H3;1H/t16-;/m0./s1. The van der Waals surface area contributed by atoms with Gasteiger partial charge in [0, 0.05) is 61.9 Å². The number of rotatable bonds is 4. The van der Waals surface area contributed by atoms with Crippen LogP contribution in [0.15, 0.2) is 61.1 Å². The molecule has 6 heteroatoms. The van der Waals surface area contributed by atoms with E-state index in [-0.39, 0.29) is 12.4 Å². The summed E-state index contributed by atoms with van der Waals surface area (Å²) in [6.45, 7) is 6.30. The molecule has 1 atom stereocenters. The number of pyridine rings is 1. The lowest BCUT2D eigenvalue weighted by molar-refractivity contribution is 0.200. The van der Waals surface area contributed by atoms with Gasteiger partial charge in [-0.15, -0.1) is 12.4 Å². The lowest BCUT2D eigenvalue weighted by atomic mass is 10.1. The van der Waals surface area contributed by atoms with Crippen LogP contribution in [0.2, 0.25) is 0 Å². The fourth-order valence-corrected chi connectivity index (χ4v) is 3.38. The van der Waals surface area contributed by atoms with Crippen molar-refractivity contribution in [2.45, 2.75) is 19.5 Å². The number of piperazine rings is 1. The molecule has 5 nitrogen and oxygen atoms in total. The van der Waals surface area contributed by atoms with Crippen LogP contribution in [-0.2, 0) is 6.54 Å². The van der Waals surface area contributed by atoms with Gasteiger partial charge in [-0.1, -0.05) is 18.2 Å². The lowest BCUT2D eigenvalue weighted by Crippen LogP contribution is -2.48. The predicted octanol–water partition coefficient (Wildman–Crippen LogP) is 3.15. The van der Waals surface area contributed by atoms with Gasteiger partial charge in [0.2, 0.25) is 0 Å². The first-order valence-electron chi connectivity index (χ1n) is 8.80. The Morgan fingerprint density at radius 3 is 2.73 bits per heavy atom. The summed E-state index contributed by atoms with van der Waals surface area (Å²) in [5.74, 6) is 0. The van der Waals surface area contributed by atoms with Crippen LogP contribution in [0, 0.1) is 0 Å². The van der Waals surface area contributed by atoms with Crippen LogP contribution in [0.1, 0.15) is 12.5 Å². The zero-order valence-corrected chi connectivity index (χ0v) is 15.7. The topological polar surface area (TPSA) is 46.0 Å². The van der Waals surface area contributed by atoms with Crippen molar-refractivity contribution in [1.29, 1.82) is 0 Å². The van der Waals surface area contributed by atoms with Gasteiger partial charge in [0.05, 0.1) is 11.4 Å². The van der Waals surface area contributed by atoms with Crippen LogP contribution in [0.4, 0.5) is 0 Å². The second-order valence-electron chi connectivity index (χ2n) is 6.62. The largest absolute Gasteiger partial charge is 0.312 e. The molecule has 1 saturated heterocycles. The highest BCUT2D eigenvalue weighted by Crippen LogP contribution is 2.24. The minimum Gasteiger partial charge on any atom is -0.312 e. The van der Waals surface area contributed by atoms with Crippen LogP contribution < -0.4 is 5.32 Å². The Kier molecular flexibility index (Phi) is 6.04. The van der Waals surface area contributed by atoms with Crippen molar-refractivity contribution >= 4 is 12.4 Å². The first kappa shape index (κ1) is 18.6. The summed E-state index contributed by atoms with van der Waals surface area (Å²) >= 11 is 0. The number of halogens is 1. The smallest absolute Gasteiger partial charge is 0.0988 e. The monoisotopic (exact) mass is 369 g/mol. The molecule has 0 amide bonds. The fraction of sp³-hybridized carbons (Fsp3) is 0.300. The summed E-state index contributed by atoms with van der Waals surface area (Å²) in [5, 5.41) is 8.37. The Labute approximate surface area is 160 Å². The highest BCUT2D eigenvalue weighted by Gasteiger charge is 2.19. The van der Waals surface area contributed by atoms with E-state index in [9.17, 15) is 0 Å². The predicted molar refractivity (Wildman–Crippen MR) is 107 cm³/mol. The van der Waals surface area contributed by atoms with E-state index in [0.717, 1.165) is 43.1 Å². The van der Waals surface area contributed by atoms with E-state index in [1.807, 2.05) is 35.1 Å². The second-order valence-corrected chi connectivity index (χ2v) is 6.62. The third-order valence-corrected chi connectivity index (χ3v) is 4.59. The van der Waals surface area contributed by atoms with Crippen molar-refractivity contribution in [1.82, 2.24) is 25.0 Å². The van der Waals surface area contributed by atoms with Gasteiger partial charge in [0.1, 0.15) is 0 Å². The van der Waals surface area contributed by atoms with Gasteiger partial charge in [-0.25, -0.2) is 4.68 Å². The van der Waals surface area contributed by atoms with Crippen LogP contribution >= 0.6 is 12.4 Å². The van der Waals surface area contributed by atoms with Gasteiger partial charge < -0.3 is 5.32 Å². The first-order chi connectivity index (χ1) is 12.3. The maximum Gasteiger partial charge on any atom is 0.0988 e. The number of hydrogen-bond acceptors (Lipinski definition) is 4. The first-order valence-corrected chi connectivity index (χ1v) is 8.80. The van der Waals surface area contributed by atoms with Gasteiger partial charge in [0.25, 0.3) is 0 Å². The molecule has 1 aliphatic heterocycles. The highest BCUT2D eigenvalue weighted by atomic mass is 35.5. The zero-order valence-electron chi connectivity index (χ0n) is 14.9. The summed E-state index contributed by atoms with van der Waals surface area (Å²) in [7, 11) is 0. The third-order valence-electron chi connectivity index (χ3n) is 4.59. The van der Waals surface area contributed by atoms with Crippen molar-refractivity contribution in [2.75, 3.05) is 19.6 Å². The molecule has 1 aromatic carbocycles. The minimum atomic E-state index is 0. The molecule has 1 aliphatic rings. The Morgan fingerprint density at radius 2 is 2.00 bits per heavy atom. The van der Waals surface area contributed by atoms with Crippen LogP contribution in [0.25, 0.3) is 16.9 Å². The van der Waals surface area contributed by atoms with E-state index in [2.05, 4.69) is 46.5 Å². The van der Waals surface area contributed by atoms with E-state index in [1.54, 1.807) is 6.20 Å². The van der Waals surface area contributed by atoms with Crippen molar-refractivity contribution in [3.05, 3.63) is 66.6 Å². The minimum absolute atomic E-state index is 0. The third kappa shape index (κ3) is 4.12. The second kappa shape index (κ2) is 8.45. The number of nitrogens with zero attached hydrogens (tertiary/aromatic N) is 4. The average Bonchev–Trinajstić information content (AvgIpc) is 3.07. The van der Waals surface area contributed by atoms with Gasteiger partial charge in [-0.3, -0.25) is 9.88 Å². The van der Waals surface area contributed by atoms with Crippen molar-refractivity contribution in [3.63, 3.8) is 0 Å². The SMILES string of the molecule is C[C@H]1CN(Cc2cn(-c3ccccc3)nc2-c2cccnc2)CCN1.Cl. The molecule has 1 N–H and O–H groups in total. The average molecular weight is 370 g/mol. The van der Waals surface area contributed by atoms with E-state index >= 15 is 0 Å². The highest BCUT2D eigenvalue weighted by molar-refractivity contribution is 5.85. The zero-order chi connectivity index (χ0) is 17.1. The molecule has 2 aromatic heterocycles. The quantitative estimate of drug-likeness (QED) is 0.767. The van der Waals surface area contributed by atoms with E-state index in [1.165, 1.54) is 5.56 Å². The molecule has 0 radical (unpaired) electrons. The number of benzene rings is 1. The van der Waals surface area contributed by atoms with E-state index < -0.39 is 0 Å². The lowest BCUT2D eigenvalue weighted by Gasteiger charge is -2.31. The molecule has 26 heavy (non-hydrogen) atoms. The molecule has 0 saturated carbocycles. The number of para-hydroxylation sites is 1. The Hall–Kier alpha value is -2.21. The maximum atomic E-state index is 4.87. The molecule has 0 bridgehead atoms. The molecule has 0 aliphatic carbocycles. The summed E-state index contributed by atoms with van der Waals surface area (Å²) in [4.78, 5) is 6.76. The number of nitrogens with one attached hydrogen (secondary N) is 1. The molecule has 4 rings (SSSR count). The van der Waals surface area contributed by atoms with Crippen LogP contribution in [-0.4, -0.2) is 45.3 Å². The van der Waals surface area contributed by atoms with Gasteiger partial charge in [-0.05, 0) is 31.2 Å². The molecular weight excluding hydrogens is 346 g/mol. The van der Waals surface area contributed by atoms with Crippen LogP contribution in [0.5, 0.6) is 0 Å². The van der Waals surface area contributed by atoms with Gasteiger partial charge >= 0.3 is 0 Å². The van der Waals surface area contributed by atoms with Crippen molar-refractivity contribution in [2.24, 2.45) is 0 Å². The molecule has 1 fully saturated rings. The summed E-state index contributed by atoms with van der Waals surface area (Å²) in [5.41, 5.74) is 4.40. The van der Waals surface area contributed by atoms with Crippen LogP contribution in [0.3, 0.4) is 0 Å². The summed E-state index contributed by atoms with van der Waals surface area (Å²) < 4.78 is 1.98. The summed E-state index contributed by atoms with van der Waals surface area (Å²) in [6, 6.07) is 14.8. The number of hydrogen-bond donors (Lipinski definition) is 1. The molecule has 0 unspecified atom stereocenters. The number of aromatic nitrogens is 3. The van der Waals surface area contributed by atoms with Gasteiger partial charge in [-0.2, -0.15) is 5.10 Å². The van der Waals surface area contributed by atoms with Crippen molar-refractivity contribution < 1.29 is 0 Å². The molecule has 3 heterocycles. The Morgan fingerprint density at radius 1 is 1.15 bits per heavy atom. The van der Waals surface area contributed by atoms with Crippen molar-refractivity contribution in [3.8, 4) is 16.9 Å². The normalized spacial score (nSPS) is 17.7. The fourth-order valence-electron chi connectivity index (χ4n) is 3.38. The Balaban J connectivity index is 0.00000196. The molecular formula is C20H24ClN5.